The van der Waals surface area contributed by atoms with Gasteiger partial charge in [0.2, 0.25) is 0 Å². The van der Waals surface area contributed by atoms with E-state index in [0.717, 1.165) is 31.2 Å². The van der Waals surface area contributed by atoms with E-state index in [2.05, 4.69) is 6.58 Å². The van der Waals surface area contributed by atoms with Crippen LogP contribution in [0, 0.1) is 0 Å². The van der Waals surface area contributed by atoms with Gasteiger partial charge in [-0.3, -0.25) is 0 Å². The molecule has 2 nitrogen and oxygen atoms in total. The van der Waals surface area contributed by atoms with Crippen molar-refractivity contribution in [1.82, 2.24) is 0 Å². The van der Waals surface area contributed by atoms with Crippen molar-refractivity contribution in [2.75, 3.05) is 7.11 Å². The van der Waals surface area contributed by atoms with Crippen molar-refractivity contribution in [1.29, 1.82) is 0 Å². The highest BCUT2D eigenvalue weighted by Gasteiger charge is 2.44. The van der Waals surface area contributed by atoms with Gasteiger partial charge in [0.1, 0.15) is 5.60 Å². The molecule has 0 radical (unpaired) electrons. The van der Waals surface area contributed by atoms with Gasteiger partial charge in [-0.1, -0.05) is 49.2 Å². The molecule has 0 aliphatic heterocycles. The molecule has 0 aromatic heterocycles. The molecule has 1 aromatic carbocycles. The average molecular weight is 246 g/mol. The third kappa shape index (κ3) is 2.36. The molecule has 98 valence electrons. The van der Waals surface area contributed by atoms with Crippen molar-refractivity contribution in [2.45, 2.75) is 43.3 Å². The first-order chi connectivity index (χ1) is 8.72. The van der Waals surface area contributed by atoms with Crippen LogP contribution in [0.3, 0.4) is 0 Å². The van der Waals surface area contributed by atoms with Gasteiger partial charge in [-0.15, -0.1) is 6.58 Å². The largest absolute Gasteiger partial charge is 0.386 e. The highest BCUT2D eigenvalue weighted by molar-refractivity contribution is 5.28. The van der Waals surface area contributed by atoms with E-state index < -0.39 is 5.60 Å². The quantitative estimate of drug-likeness (QED) is 0.826. The lowest BCUT2D eigenvalue weighted by atomic mass is 9.71. The van der Waals surface area contributed by atoms with Crippen LogP contribution in [0.1, 0.15) is 37.2 Å². The van der Waals surface area contributed by atoms with Gasteiger partial charge < -0.3 is 9.84 Å². The minimum Gasteiger partial charge on any atom is -0.386 e. The van der Waals surface area contributed by atoms with Crippen molar-refractivity contribution in [3.63, 3.8) is 0 Å². The van der Waals surface area contributed by atoms with Crippen molar-refractivity contribution in [2.24, 2.45) is 0 Å². The average Bonchev–Trinajstić information content (AvgIpc) is 2.41. The molecule has 1 N–H and O–H groups in total. The number of ether oxygens (including phenoxy) is 1. The van der Waals surface area contributed by atoms with Crippen LogP contribution in [0.25, 0.3) is 0 Å². The van der Waals surface area contributed by atoms with Crippen LogP contribution in [0.2, 0.25) is 0 Å². The second kappa shape index (κ2) is 5.68. The number of benzene rings is 1. The lowest BCUT2D eigenvalue weighted by molar-refractivity contribution is -0.124. The highest BCUT2D eigenvalue weighted by atomic mass is 16.5. The van der Waals surface area contributed by atoms with E-state index in [1.54, 1.807) is 7.11 Å². The number of hydrogen-bond donors (Lipinski definition) is 1. The molecule has 2 heteroatoms. The smallest absolute Gasteiger partial charge is 0.101 e. The molecule has 0 saturated heterocycles. The molecular weight excluding hydrogens is 224 g/mol. The molecule has 1 aliphatic carbocycles. The van der Waals surface area contributed by atoms with Gasteiger partial charge in [0.15, 0.2) is 0 Å². The summed E-state index contributed by atoms with van der Waals surface area (Å²) in [5, 5.41) is 11.0. The zero-order chi connectivity index (χ0) is 13.0. The van der Waals surface area contributed by atoms with E-state index >= 15 is 0 Å². The summed E-state index contributed by atoms with van der Waals surface area (Å²) in [5.41, 5.74) is 0.287. The molecule has 0 heterocycles. The highest BCUT2D eigenvalue weighted by Crippen LogP contribution is 2.41. The Bertz CT molecular complexity index is 387. The summed E-state index contributed by atoms with van der Waals surface area (Å²) in [5.74, 6) is -0.0658. The normalized spacial score (nSPS) is 29.8. The van der Waals surface area contributed by atoms with Crippen molar-refractivity contribution in [3.05, 3.63) is 48.6 Å². The number of methoxy groups -OCH3 is 1. The number of rotatable bonds is 4. The van der Waals surface area contributed by atoms with E-state index in [-0.39, 0.29) is 12.0 Å². The topological polar surface area (TPSA) is 29.5 Å². The van der Waals surface area contributed by atoms with Crippen LogP contribution in [-0.2, 0) is 4.74 Å². The Morgan fingerprint density at radius 1 is 1.39 bits per heavy atom. The first-order valence-electron chi connectivity index (χ1n) is 6.65. The molecule has 2 rings (SSSR count). The Morgan fingerprint density at radius 2 is 2.11 bits per heavy atom. The molecule has 1 fully saturated rings. The standard InChI is InChI=1S/C16H22O2/c1-3-14(13-9-5-4-6-10-13)16(17)12-8-7-11-15(16)18-2/h3-6,9-10,14-15,17H,1,7-8,11-12H2,2H3/t14-,15+,16+/m0/s1. The lowest BCUT2D eigenvalue weighted by Crippen LogP contribution is -2.50. The van der Waals surface area contributed by atoms with Crippen LogP contribution in [0.5, 0.6) is 0 Å². The molecule has 1 aromatic rings. The van der Waals surface area contributed by atoms with Gasteiger partial charge in [0.25, 0.3) is 0 Å². The fourth-order valence-corrected chi connectivity index (χ4v) is 3.12. The molecule has 0 unspecified atom stereocenters. The maximum Gasteiger partial charge on any atom is 0.101 e. The third-order valence-corrected chi connectivity index (χ3v) is 4.07. The number of hydrogen-bond acceptors (Lipinski definition) is 2. The molecule has 1 aliphatic rings. The third-order valence-electron chi connectivity index (χ3n) is 4.07. The van der Waals surface area contributed by atoms with Crippen molar-refractivity contribution < 1.29 is 9.84 Å². The molecule has 0 spiro atoms. The summed E-state index contributed by atoms with van der Waals surface area (Å²) in [4.78, 5) is 0. The number of aliphatic hydroxyl groups is 1. The van der Waals surface area contributed by atoms with Gasteiger partial charge in [0, 0.05) is 13.0 Å². The zero-order valence-corrected chi connectivity index (χ0v) is 11.0. The monoisotopic (exact) mass is 246 g/mol. The van der Waals surface area contributed by atoms with Gasteiger partial charge >= 0.3 is 0 Å². The minimum atomic E-state index is -0.823. The molecule has 0 amide bonds. The van der Waals surface area contributed by atoms with Crippen LogP contribution < -0.4 is 0 Å². The van der Waals surface area contributed by atoms with Crippen LogP contribution >= 0.6 is 0 Å². The second-order valence-corrected chi connectivity index (χ2v) is 5.09. The van der Waals surface area contributed by atoms with Crippen molar-refractivity contribution in [3.8, 4) is 0 Å². The minimum absolute atomic E-state index is 0.0658. The molecular formula is C16H22O2. The van der Waals surface area contributed by atoms with Gasteiger partial charge in [-0.2, -0.15) is 0 Å². The molecule has 1 saturated carbocycles. The fourth-order valence-electron chi connectivity index (χ4n) is 3.12. The molecule has 0 bridgehead atoms. The van der Waals surface area contributed by atoms with E-state index in [1.165, 1.54) is 0 Å². The Labute approximate surface area is 109 Å². The van der Waals surface area contributed by atoms with E-state index in [9.17, 15) is 5.11 Å². The summed E-state index contributed by atoms with van der Waals surface area (Å²) >= 11 is 0. The Hall–Kier alpha value is -1.12. The maximum atomic E-state index is 11.0. The second-order valence-electron chi connectivity index (χ2n) is 5.09. The van der Waals surface area contributed by atoms with Gasteiger partial charge in [-0.05, 0) is 18.4 Å². The summed E-state index contributed by atoms with van der Waals surface area (Å²) in [6, 6.07) is 10.1. The SMILES string of the molecule is C=C[C@@H](c1ccccc1)[C@]1(O)CCCC[C@H]1OC. The first kappa shape index (κ1) is 13.3. The summed E-state index contributed by atoms with van der Waals surface area (Å²) in [6.07, 6.45) is 5.62. The summed E-state index contributed by atoms with van der Waals surface area (Å²) in [7, 11) is 1.69. The Kier molecular flexibility index (Phi) is 4.20. The van der Waals surface area contributed by atoms with E-state index in [1.807, 2.05) is 36.4 Å². The van der Waals surface area contributed by atoms with Crippen molar-refractivity contribution >= 4 is 0 Å². The van der Waals surface area contributed by atoms with E-state index in [4.69, 9.17) is 4.74 Å². The summed E-state index contributed by atoms with van der Waals surface area (Å²) < 4.78 is 5.51. The van der Waals surface area contributed by atoms with Gasteiger partial charge in [0.05, 0.1) is 6.10 Å². The molecule has 18 heavy (non-hydrogen) atoms. The Morgan fingerprint density at radius 3 is 2.72 bits per heavy atom. The van der Waals surface area contributed by atoms with E-state index in [0.29, 0.717) is 0 Å². The van der Waals surface area contributed by atoms with Crippen LogP contribution in [0.4, 0.5) is 0 Å². The van der Waals surface area contributed by atoms with Crippen LogP contribution in [-0.4, -0.2) is 23.9 Å². The lowest BCUT2D eigenvalue weighted by Gasteiger charge is -2.43. The van der Waals surface area contributed by atoms with Gasteiger partial charge in [-0.25, -0.2) is 0 Å². The maximum absolute atomic E-state index is 11.0. The predicted molar refractivity (Wildman–Crippen MR) is 73.6 cm³/mol. The fraction of sp³-hybridized carbons (Fsp3) is 0.500. The Balaban J connectivity index is 2.33. The molecule has 3 atom stereocenters. The first-order valence-corrected chi connectivity index (χ1v) is 6.65. The van der Waals surface area contributed by atoms with Crippen LogP contribution in [0.15, 0.2) is 43.0 Å². The summed E-state index contributed by atoms with van der Waals surface area (Å²) in [6.45, 7) is 3.91. The predicted octanol–water partition coefficient (Wildman–Crippen LogP) is 3.28. The zero-order valence-electron chi connectivity index (χ0n) is 11.0.